The average Bonchev–Trinajstić information content (AvgIpc) is 2.61. The van der Waals surface area contributed by atoms with Gasteiger partial charge in [0.15, 0.2) is 5.69 Å². The first-order valence-electron chi connectivity index (χ1n) is 7.95. The third-order valence-corrected chi connectivity index (χ3v) is 4.09. The van der Waals surface area contributed by atoms with Gasteiger partial charge in [0.05, 0.1) is 6.61 Å². The minimum absolute atomic E-state index is 0.0811. The monoisotopic (exact) mass is 330 g/mol. The standard InChI is InChI=1S/C18H19FN2O3/c19-14-5-7-15(8-6-14)24-12-13-3-2-10-21(11-13)18(23)17-16(22)4-1-9-20-17/h1,4-9,13,22H,2-3,10-12H2. The highest BCUT2D eigenvalue weighted by Gasteiger charge is 2.27. The van der Waals surface area contributed by atoms with Crippen LogP contribution >= 0.6 is 0 Å². The Labute approximate surface area is 139 Å². The normalized spacial score (nSPS) is 17.5. The zero-order chi connectivity index (χ0) is 16.9. The van der Waals surface area contributed by atoms with Crippen molar-refractivity contribution in [3.8, 4) is 11.5 Å². The van der Waals surface area contributed by atoms with Crippen molar-refractivity contribution in [1.29, 1.82) is 0 Å². The molecule has 1 aromatic carbocycles. The van der Waals surface area contributed by atoms with Gasteiger partial charge in [-0.1, -0.05) is 0 Å². The van der Waals surface area contributed by atoms with Crippen molar-refractivity contribution >= 4 is 5.91 Å². The highest BCUT2D eigenvalue weighted by Crippen LogP contribution is 2.22. The van der Waals surface area contributed by atoms with Crippen molar-refractivity contribution in [3.05, 3.63) is 54.1 Å². The third kappa shape index (κ3) is 3.82. The fraction of sp³-hybridized carbons (Fsp3) is 0.333. The molecule has 0 saturated carbocycles. The molecule has 2 heterocycles. The second kappa shape index (κ2) is 7.29. The molecule has 1 saturated heterocycles. The maximum absolute atomic E-state index is 12.9. The highest BCUT2D eigenvalue weighted by molar-refractivity contribution is 5.94. The second-order valence-electron chi connectivity index (χ2n) is 5.90. The van der Waals surface area contributed by atoms with Crippen molar-refractivity contribution < 1.29 is 19.0 Å². The smallest absolute Gasteiger partial charge is 0.276 e. The molecule has 1 atom stereocenters. The molecule has 0 aliphatic carbocycles. The number of benzene rings is 1. The Morgan fingerprint density at radius 3 is 2.88 bits per heavy atom. The van der Waals surface area contributed by atoms with Crippen molar-refractivity contribution in [2.45, 2.75) is 12.8 Å². The van der Waals surface area contributed by atoms with E-state index >= 15 is 0 Å². The molecule has 0 radical (unpaired) electrons. The lowest BCUT2D eigenvalue weighted by Gasteiger charge is -2.32. The van der Waals surface area contributed by atoms with Gasteiger partial charge in [0.25, 0.3) is 5.91 Å². The van der Waals surface area contributed by atoms with E-state index in [1.54, 1.807) is 23.1 Å². The maximum atomic E-state index is 12.9. The number of pyridine rings is 1. The quantitative estimate of drug-likeness (QED) is 0.936. The number of carbonyl (C=O) groups excluding carboxylic acids is 1. The molecule has 1 aromatic heterocycles. The SMILES string of the molecule is O=C(c1ncccc1O)N1CCCC(COc2ccc(F)cc2)C1. The van der Waals surface area contributed by atoms with E-state index in [2.05, 4.69) is 4.98 Å². The van der Waals surface area contributed by atoms with Gasteiger partial charge in [-0.25, -0.2) is 9.37 Å². The topological polar surface area (TPSA) is 62.7 Å². The Bertz CT molecular complexity index is 706. The lowest BCUT2D eigenvalue weighted by Crippen LogP contribution is -2.41. The van der Waals surface area contributed by atoms with Gasteiger partial charge < -0.3 is 14.7 Å². The molecule has 6 heteroatoms. The Morgan fingerprint density at radius 1 is 1.33 bits per heavy atom. The average molecular weight is 330 g/mol. The van der Waals surface area contributed by atoms with Gasteiger partial charge in [0.2, 0.25) is 0 Å². The van der Waals surface area contributed by atoms with Gasteiger partial charge in [-0.05, 0) is 49.2 Å². The molecule has 5 nitrogen and oxygen atoms in total. The van der Waals surface area contributed by atoms with Crippen LogP contribution < -0.4 is 4.74 Å². The van der Waals surface area contributed by atoms with Crippen molar-refractivity contribution in [1.82, 2.24) is 9.88 Å². The number of hydrogen-bond donors (Lipinski definition) is 1. The summed E-state index contributed by atoms with van der Waals surface area (Å²) < 4.78 is 18.6. The van der Waals surface area contributed by atoms with E-state index in [0.717, 1.165) is 12.8 Å². The van der Waals surface area contributed by atoms with Gasteiger partial charge in [-0.2, -0.15) is 0 Å². The number of ether oxygens (including phenoxy) is 1. The van der Waals surface area contributed by atoms with Gasteiger partial charge in [0, 0.05) is 25.2 Å². The summed E-state index contributed by atoms with van der Waals surface area (Å²) in [5, 5.41) is 9.79. The number of rotatable bonds is 4. The van der Waals surface area contributed by atoms with E-state index in [4.69, 9.17) is 4.74 Å². The second-order valence-corrected chi connectivity index (χ2v) is 5.90. The molecule has 2 aromatic rings. The predicted molar refractivity (Wildman–Crippen MR) is 86.4 cm³/mol. The minimum atomic E-state index is -0.299. The molecule has 1 N–H and O–H groups in total. The lowest BCUT2D eigenvalue weighted by atomic mass is 9.98. The Hall–Kier alpha value is -2.63. The van der Waals surface area contributed by atoms with Crippen LogP contribution in [0.2, 0.25) is 0 Å². The Morgan fingerprint density at radius 2 is 2.12 bits per heavy atom. The van der Waals surface area contributed by atoms with Crippen LogP contribution in [0.4, 0.5) is 4.39 Å². The molecule has 1 fully saturated rings. The molecule has 0 bridgehead atoms. The molecule has 1 unspecified atom stereocenters. The van der Waals surface area contributed by atoms with E-state index in [-0.39, 0.29) is 29.1 Å². The summed E-state index contributed by atoms with van der Waals surface area (Å²) in [5.41, 5.74) is 0.0811. The largest absolute Gasteiger partial charge is 0.505 e. The summed E-state index contributed by atoms with van der Waals surface area (Å²) in [6.45, 7) is 1.65. The number of likely N-dealkylation sites (tertiary alicyclic amines) is 1. The Balaban J connectivity index is 1.59. The third-order valence-electron chi connectivity index (χ3n) is 4.09. The van der Waals surface area contributed by atoms with E-state index < -0.39 is 0 Å². The molecule has 1 aliphatic heterocycles. The maximum Gasteiger partial charge on any atom is 0.276 e. The lowest BCUT2D eigenvalue weighted by molar-refractivity contribution is 0.0624. The van der Waals surface area contributed by atoms with Gasteiger partial charge in [-0.15, -0.1) is 0 Å². The molecule has 3 rings (SSSR count). The Kier molecular flexibility index (Phi) is 4.93. The number of piperidine rings is 1. The van der Waals surface area contributed by atoms with Crippen LogP contribution in [0.15, 0.2) is 42.6 Å². The highest BCUT2D eigenvalue weighted by atomic mass is 19.1. The zero-order valence-electron chi connectivity index (χ0n) is 13.2. The predicted octanol–water partition coefficient (Wildman–Crippen LogP) is 2.86. The van der Waals surface area contributed by atoms with E-state index in [0.29, 0.717) is 25.4 Å². The first-order valence-corrected chi connectivity index (χ1v) is 7.95. The molecule has 1 aliphatic rings. The van der Waals surface area contributed by atoms with E-state index in [9.17, 15) is 14.3 Å². The summed E-state index contributed by atoms with van der Waals surface area (Å²) in [5.74, 6) is 0.138. The molecule has 1 amide bonds. The van der Waals surface area contributed by atoms with Crippen LogP contribution in [0, 0.1) is 11.7 Å². The van der Waals surface area contributed by atoms with Crippen LogP contribution in [0.3, 0.4) is 0 Å². The summed E-state index contributed by atoms with van der Waals surface area (Å²) in [4.78, 5) is 18.2. The number of nitrogens with zero attached hydrogens (tertiary/aromatic N) is 2. The number of aromatic hydroxyl groups is 1. The molecular formula is C18H19FN2O3. The minimum Gasteiger partial charge on any atom is -0.505 e. The first-order chi connectivity index (χ1) is 11.6. The van der Waals surface area contributed by atoms with Crippen molar-refractivity contribution in [2.75, 3.05) is 19.7 Å². The molecule has 0 spiro atoms. The van der Waals surface area contributed by atoms with E-state index in [1.807, 2.05) is 0 Å². The van der Waals surface area contributed by atoms with E-state index in [1.165, 1.54) is 24.4 Å². The fourth-order valence-corrected chi connectivity index (χ4v) is 2.84. The summed E-state index contributed by atoms with van der Waals surface area (Å²) in [6, 6.07) is 8.94. The number of hydrogen-bond acceptors (Lipinski definition) is 4. The van der Waals surface area contributed by atoms with Crippen LogP contribution in [-0.2, 0) is 0 Å². The van der Waals surface area contributed by atoms with Crippen LogP contribution in [-0.4, -0.2) is 40.6 Å². The molecule has 24 heavy (non-hydrogen) atoms. The number of aromatic nitrogens is 1. The molecule has 126 valence electrons. The van der Waals surface area contributed by atoms with Crippen molar-refractivity contribution in [3.63, 3.8) is 0 Å². The number of amides is 1. The number of halogens is 1. The van der Waals surface area contributed by atoms with Crippen LogP contribution in [0.1, 0.15) is 23.3 Å². The first kappa shape index (κ1) is 16.2. The summed E-state index contributed by atoms with van der Waals surface area (Å²) in [6.07, 6.45) is 3.32. The van der Waals surface area contributed by atoms with Crippen LogP contribution in [0.25, 0.3) is 0 Å². The summed E-state index contributed by atoms with van der Waals surface area (Å²) >= 11 is 0. The van der Waals surface area contributed by atoms with Crippen LogP contribution in [0.5, 0.6) is 11.5 Å². The van der Waals surface area contributed by atoms with Crippen molar-refractivity contribution in [2.24, 2.45) is 5.92 Å². The van der Waals surface area contributed by atoms with Gasteiger partial charge >= 0.3 is 0 Å². The molecular weight excluding hydrogens is 311 g/mol. The van der Waals surface area contributed by atoms with Gasteiger partial charge in [-0.3, -0.25) is 4.79 Å². The zero-order valence-corrected chi connectivity index (χ0v) is 13.2. The van der Waals surface area contributed by atoms with Gasteiger partial charge in [0.1, 0.15) is 17.3 Å². The fourth-order valence-electron chi connectivity index (χ4n) is 2.84. The number of carbonyl (C=O) groups is 1. The summed E-state index contributed by atoms with van der Waals surface area (Å²) in [7, 11) is 0.